The van der Waals surface area contributed by atoms with Crippen LogP contribution in [0.4, 0.5) is 0 Å². The van der Waals surface area contributed by atoms with Gasteiger partial charge in [0.15, 0.2) is 16.1 Å². The van der Waals surface area contributed by atoms with E-state index in [4.69, 9.17) is 4.74 Å². The second-order valence-corrected chi connectivity index (χ2v) is 13.4. The maximum absolute atomic E-state index is 13.4. The van der Waals surface area contributed by atoms with E-state index in [0.29, 0.717) is 16.7 Å². The average molecular weight is 642 g/mol. The first kappa shape index (κ1) is 29.2. The van der Waals surface area contributed by atoms with Crippen LogP contribution in [0.3, 0.4) is 0 Å². The lowest BCUT2D eigenvalue weighted by Gasteiger charge is -2.44. The Morgan fingerprint density at radius 3 is 1.78 bits per heavy atom. The number of aliphatic hydroxyl groups excluding tert-OH is 1. The van der Waals surface area contributed by atoms with Gasteiger partial charge in [0.25, 0.3) is 5.56 Å². The molecule has 1 aliphatic rings. The molecule has 41 heavy (non-hydrogen) atoms. The highest BCUT2D eigenvalue weighted by Crippen LogP contribution is 2.52. The van der Waals surface area contributed by atoms with Gasteiger partial charge in [0.1, 0.15) is 17.0 Å². The van der Waals surface area contributed by atoms with E-state index in [1.54, 1.807) is 36.4 Å². The summed E-state index contributed by atoms with van der Waals surface area (Å²) >= 11 is 3.30. The summed E-state index contributed by atoms with van der Waals surface area (Å²) in [7, 11) is -4.39. The smallest absolute Gasteiger partial charge is 0.330 e. The van der Waals surface area contributed by atoms with Gasteiger partial charge in [-0.2, -0.15) is 0 Å². The molecule has 5 rings (SSSR count). The Hall–Kier alpha value is -3.35. The predicted octanol–water partition coefficient (Wildman–Crippen LogP) is 2.63. The van der Waals surface area contributed by atoms with Gasteiger partial charge in [0.05, 0.1) is 5.41 Å². The van der Waals surface area contributed by atoms with Crippen LogP contribution in [-0.2, 0) is 20.0 Å². The molecule has 214 valence electrons. The molecule has 1 aromatic heterocycles. The molecule has 11 heteroatoms. The number of aryl methyl sites for hydroxylation is 1. The van der Waals surface area contributed by atoms with Crippen molar-refractivity contribution in [1.29, 1.82) is 0 Å². The van der Waals surface area contributed by atoms with Crippen LogP contribution < -0.4 is 11.2 Å². The number of hydrogen-bond donors (Lipinski definition) is 3. The van der Waals surface area contributed by atoms with Crippen LogP contribution in [0.15, 0.2) is 107 Å². The molecule has 9 nitrogen and oxygen atoms in total. The largest absolute Gasteiger partial charge is 0.389 e. The summed E-state index contributed by atoms with van der Waals surface area (Å²) in [6, 6.07) is 27.2. The van der Waals surface area contributed by atoms with Gasteiger partial charge in [0, 0.05) is 18.0 Å². The molecule has 0 saturated carbocycles. The average Bonchev–Trinajstić information content (AvgIpc) is 3.24. The molecule has 2 heterocycles. The fourth-order valence-corrected chi connectivity index (χ4v) is 8.51. The third-order valence-corrected chi connectivity index (χ3v) is 10.9. The summed E-state index contributed by atoms with van der Waals surface area (Å²) in [6.45, 7) is 1.48. The van der Waals surface area contributed by atoms with Gasteiger partial charge < -0.3 is 14.9 Å². The number of sulfone groups is 1. The number of ether oxygens (including phenoxy) is 1. The lowest BCUT2D eigenvalue weighted by molar-refractivity contribution is -0.107. The molecule has 0 radical (unpaired) electrons. The summed E-state index contributed by atoms with van der Waals surface area (Å²) in [6.07, 6.45) is -2.80. The number of aliphatic hydroxyl groups is 2. The molecule has 1 saturated heterocycles. The van der Waals surface area contributed by atoms with Crippen LogP contribution in [0.1, 0.15) is 28.5 Å². The van der Waals surface area contributed by atoms with Gasteiger partial charge >= 0.3 is 5.69 Å². The highest BCUT2D eigenvalue weighted by molar-refractivity contribution is 9.09. The minimum atomic E-state index is -4.39. The van der Waals surface area contributed by atoms with E-state index >= 15 is 0 Å². The molecule has 4 aromatic rings. The number of aromatic amines is 1. The summed E-state index contributed by atoms with van der Waals surface area (Å²) in [5.41, 5.74) is -0.862. The second kappa shape index (κ2) is 10.8. The normalized spacial score (nSPS) is 23.8. The minimum Gasteiger partial charge on any atom is -0.389 e. The number of alkyl halides is 1. The Kier molecular flexibility index (Phi) is 7.68. The number of rotatable bonds is 7. The first-order chi connectivity index (χ1) is 19.4. The van der Waals surface area contributed by atoms with E-state index in [2.05, 4.69) is 20.9 Å². The molecule has 0 spiro atoms. The number of nitrogens with one attached hydrogen (secondary N) is 1. The minimum absolute atomic E-state index is 0.173. The van der Waals surface area contributed by atoms with Gasteiger partial charge in [-0.15, -0.1) is 0 Å². The molecular formula is C30H29BrN2O7S. The van der Waals surface area contributed by atoms with E-state index in [1.807, 2.05) is 54.6 Å². The van der Waals surface area contributed by atoms with Crippen LogP contribution in [0.5, 0.6) is 0 Å². The van der Waals surface area contributed by atoms with E-state index in [1.165, 1.54) is 13.1 Å². The van der Waals surface area contributed by atoms with Crippen LogP contribution in [0.25, 0.3) is 0 Å². The summed E-state index contributed by atoms with van der Waals surface area (Å²) in [5.74, 6) is 0. The first-order valence-electron chi connectivity index (χ1n) is 12.8. The Balaban J connectivity index is 1.81. The Bertz CT molecular complexity index is 1660. The number of benzene rings is 3. The van der Waals surface area contributed by atoms with Crippen LogP contribution in [0, 0.1) is 6.92 Å². The molecule has 3 aromatic carbocycles. The van der Waals surface area contributed by atoms with Gasteiger partial charge in [-0.05, 0) is 23.6 Å². The maximum Gasteiger partial charge on any atom is 0.330 e. The van der Waals surface area contributed by atoms with E-state index < -0.39 is 54.7 Å². The molecule has 0 amide bonds. The Labute approximate surface area is 245 Å². The predicted molar refractivity (Wildman–Crippen MR) is 158 cm³/mol. The SMILES string of the molecule is Cc1cn([C@@H]2O[C@H](C(O)C(c3ccccc3)(c3ccccc3)c3ccccc3)[C@](O)(S(C)(=O)=O)C2Br)c(=O)[nH]c1=O. The van der Waals surface area contributed by atoms with Crippen molar-refractivity contribution in [1.82, 2.24) is 9.55 Å². The second-order valence-electron chi connectivity index (χ2n) is 10.2. The highest BCUT2D eigenvalue weighted by atomic mass is 79.9. The number of halogens is 1. The molecule has 1 fully saturated rings. The lowest BCUT2D eigenvalue weighted by atomic mass is 9.64. The summed E-state index contributed by atoms with van der Waals surface area (Å²) in [5, 5.41) is 24.6. The number of nitrogens with zero attached hydrogens (tertiary/aromatic N) is 1. The third kappa shape index (κ3) is 4.61. The van der Waals surface area contributed by atoms with E-state index in [9.17, 15) is 28.2 Å². The molecule has 0 aliphatic carbocycles. The van der Waals surface area contributed by atoms with E-state index in [0.717, 1.165) is 10.8 Å². The molecule has 5 atom stereocenters. The standard InChI is InChI=1S/C30H29BrN2O7S/c1-19-18-33(28(36)32-26(19)35)27-23(31)30(37,41(2,38)39)25(40-27)24(34)29(20-12-6-3-7-13-20,21-14-8-4-9-15-21)22-16-10-5-11-17-22/h3-18,23-25,27,34,37H,1-2H3,(H,32,35,36)/t23?,24?,25-,27-,30-/m1/s1. The topological polar surface area (TPSA) is 139 Å². The van der Waals surface area contributed by atoms with Crippen molar-refractivity contribution < 1.29 is 23.4 Å². The first-order valence-corrected chi connectivity index (χ1v) is 15.6. The van der Waals surface area contributed by atoms with Crippen molar-refractivity contribution in [2.75, 3.05) is 6.26 Å². The molecule has 3 N–H and O–H groups in total. The van der Waals surface area contributed by atoms with Crippen molar-refractivity contribution >= 4 is 25.8 Å². The number of H-pyrrole nitrogens is 1. The molecule has 2 unspecified atom stereocenters. The van der Waals surface area contributed by atoms with Gasteiger partial charge in [0.2, 0.25) is 4.93 Å². The van der Waals surface area contributed by atoms with Crippen molar-refractivity contribution in [3.63, 3.8) is 0 Å². The molecule has 1 aliphatic heterocycles. The molecule has 0 bridgehead atoms. The quantitative estimate of drug-likeness (QED) is 0.208. The zero-order valence-electron chi connectivity index (χ0n) is 22.2. The highest BCUT2D eigenvalue weighted by Gasteiger charge is 2.67. The van der Waals surface area contributed by atoms with E-state index in [-0.39, 0.29) is 5.56 Å². The monoisotopic (exact) mass is 640 g/mol. The van der Waals surface area contributed by atoms with Gasteiger partial charge in [-0.1, -0.05) is 107 Å². The number of hydrogen-bond acceptors (Lipinski definition) is 7. The van der Waals surface area contributed by atoms with Crippen molar-refractivity contribution in [2.24, 2.45) is 0 Å². The van der Waals surface area contributed by atoms with Crippen molar-refractivity contribution in [3.05, 3.63) is 140 Å². The Morgan fingerprint density at radius 1 is 0.927 bits per heavy atom. The van der Waals surface area contributed by atoms with Gasteiger partial charge in [-0.3, -0.25) is 14.3 Å². The Morgan fingerprint density at radius 2 is 1.37 bits per heavy atom. The fourth-order valence-electron chi connectivity index (χ4n) is 5.72. The summed E-state index contributed by atoms with van der Waals surface area (Å²) < 4.78 is 34.0. The van der Waals surface area contributed by atoms with Gasteiger partial charge in [-0.25, -0.2) is 13.2 Å². The van der Waals surface area contributed by atoms with Crippen LogP contribution in [0.2, 0.25) is 0 Å². The number of aromatic nitrogens is 2. The summed E-state index contributed by atoms with van der Waals surface area (Å²) in [4.78, 5) is 22.9. The molecular weight excluding hydrogens is 612 g/mol. The zero-order chi connectivity index (χ0) is 29.6. The van der Waals surface area contributed by atoms with Crippen LogP contribution >= 0.6 is 15.9 Å². The lowest BCUT2D eigenvalue weighted by Crippen LogP contribution is -2.60. The third-order valence-electron chi connectivity index (χ3n) is 7.77. The van der Waals surface area contributed by atoms with Crippen molar-refractivity contribution in [3.8, 4) is 0 Å². The van der Waals surface area contributed by atoms with Crippen molar-refractivity contribution in [2.45, 2.75) is 40.5 Å². The fraction of sp³-hybridized carbons (Fsp3) is 0.267. The van der Waals surface area contributed by atoms with Crippen LogP contribution in [-0.4, -0.2) is 56.4 Å². The maximum atomic E-state index is 13.4. The zero-order valence-corrected chi connectivity index (χ0v) is 24.6.